The fraction of sp³-hybridized carbons (Fsp3) is 0.462. The Bertz CT molecular complexity index is 597. The number of nitrogens with zero attached hydrogens (tertiary/aromatic N) is 2. The van der Waals surface area contributed by atoms with E-state index in [1.165, 1.54) is 17.7 Å². The maximum atomic E-state index is 11.3. The predicted molar refractivity (Wildman–Crippen MR) is 76.7 cm³/mol. The van der Waals surface area contributed by atoms with Gasteiger partial charge in [0.05, 0.1) is 10.2 Å². The van der Waals surface area contributed by atoms with E-state index in [2.05, 4.69) is 15.3 Å². The third-order valence-corrected chi connectivity index (χ3v) is 4.40. The van der Waals surface area contributed by atoms with Crippen LogP contribution in [0.15, 0.2) is 11.7 Å². The van der Waals surface area contributed by atoms with Crippen LogP contribution in [0.2, 0.25) is 0 Å². The van der Waals surface area contributed by atoms with E-state index in [4.69, 9.17) is 0 Å². The highest BCUT2D eigenvalue weighted by molar-refractivity contribution is 7.18. The van der Waals surface area contributed by atoms with Gasteiger partial charge in [0, 0.05) is 0 Å². The number of carboxylic acids is 1. The Morgan fingerprint density at radius 2 is 2.26 bits per heavy atom. The molecule has 2 aromatic heterocycles. The lowest BCUT2D eigenvalue weighted by Gasteiger charge is -2.20. The fourth-order valence-electron chi connectivity index (χ4n) is 1.90. The Kier molecular flexibility index (Phi) is 3.99. The second-order valence-corrected chi connectivity index (χ2v) is 5.54. The first-order chi connectivity index (χ1) is 9.04. The molecule has 102 valence electrons. The molecule has 2 N–H and O–H groups in total. The normalized spacial score (nSPS) is 14.3. The number of fused-ring (bicyclic) bond motifs is 1. The summed E-state index contributed by atoms with van der Waals surface area (Å²) in [7, 11) is 0. The number of nitrogens with one attached hydrogen (secondary N) is 1. The summed E-state index contributed by atoms with van der Waals surface area (Å²) in [5.74, 6) is -0.214. The molecule has 0 radical (unpaired) electrons. The molecule has 19 heavy (non-hydrogen) atoms. The SMILES string of the molecule is CC[C@H](C)[C@H](Nc1ncnc2c(C)csc12)C(=O)O. The van der Waals surface area contributed by atoms with Gasteiger partial charge in [-0.3, -0.25) is 0 Å². The molecule has 0 fully saturated rings. The van der Waals surface area contributed by atoms with Crippen LogP contribution in [0.25, 0.3) is 10.2 Å². The van der Waals surface area contributed by atoms with E-state index in [1.807, 2.05) is 26.2 Å². The largest absolute Gasteiger partial charge is 0.480 e. The number of anilines is 1. The van der Waals surface area contributed by atoms with E-state index in [1.54, 1.807) is 0 Å². The van der Waals surface area contributed by atoms with E-state index in [9.17, 15) is 9.90 Å². The number of carbonyl (C=O) groups is 1. The van der Waals surface area contributed by atoms with Crippen molar-refractivity contribution in [3.05, 3.63) is 17.3 Å². The highest BCUT2D eigenvalue weighted by atomic mass is 32.1. The van der Waals surface area contributed by atoms with E-state index < -0.39 is 12.0 Å². The molecular formula is C13H17N3O2S. The topological polar surface area (TPSA) is 75.1 Å². The number of aromatic nitrogens is 2. The summed E-state index contributed by atoms with van der Waals surface area (Å²) in [6, 6.07) is -0.634. The van der Waals surface area contributed by atoms with E-state index in [0.717, 1.165) is 22.2 Å². The van der Waals surface area contributed by atoms with E-state index >= 15 is 0 Å². The molecule has 2 aromatic rings. The van der Waals surface area contributed by atoms with Crippen molar-refractivity contribution in [1.82, 2.24) is 9.97 Å². The van der Waals surface area contributed by atoms with Crippen molar-refractivity contribution < 1.29 is 9.90 Å². The highest BCUT2D eigenvalue weighted by Crippen LogP contribution is 2.29. The molecule has 0 aromatic carbocycles. The van der Waals surface area contributed by atoms with Crippen LogP contribution >= 0.6 is 11.3 Å². The summed E-state index contributed by atoms with van der Waals surface area (Å²) < 4.78 is 0.912. The van der Waals surface area contributed by atoms with Crippen molar-refractivity contribution >= 4 is 33.3 Å². The van der Waals surface area contributed by atoms with E-state index in [0.29, 0.717) is 5.82 Å². The summed E-state index contributed by atoms with van der Waals surface area (Å²) in [6.07, 6.45) is 2.27. The zero-order chi connectivity index (χ0) is 14.0. The van der Waals surface area contributed by atoms with Crippen LogP contribution in [0.4, 0.5) is 5.82 Å². The molecule has 0 saturated heterocycles. The van der Waals surface area contributed by atoms with Crippen LogP contribution in [-0.4, -0.2) is 27.1 Å². The molecule has 0 aliphatic heterocycles. The number of hydrogen-bond donors (Lipinski definition) is 2. The lowest BCUT2D eigenvalue weighted by Crippen LogP contribution is -2.35. The quantitative estimate of drug-likeness (QED) is 0.880. The van der Waals surface area contributed by atoms with Gasteiger partial charge >= 0.3 is 5.97 Å². The lowest BCUT2D eigenvalue weighted by molar-refractivity contribution is -0.139. The number of rotatable bonds is 5. The zero-order valence-electron chi connectivity index (χ0n) is 11.2. The molecule has 5 nitrogen and oxygen atoms in total. The number of hydrogen-bond acceptors (Lipinski definition) is 5. The Balaban J connectivity index is 2.36. The van der Waals surface area contributed by atoms with Crippen LogP contribution in [0.1, 0.15) is 25.8 Å². The van der Waals surface area contributed by atoms with Gasteiger partial charge in [0.1, 0.15) is 18.2 Å². The monoisotopic (exact) mass is 279 g/mol. The minimum Gasteiger partial charge on any atom is -0.480 e. The summed E-state index contributed by atoms with van der Waals surface area (Å²) in [5, 5.41) is 14.4. The molecule has 0 saturated carbocycles. The van der Waals surface area contributed by atoms with Gasteiger partial charge in [-0.15, -0.1) is 11.3 Å². The molecule has 0 aliphatic rings. The first-order valence-corrected chi connectivity index (χ1v) is 7.10. The lowest BCUT2D eigenvalue weighted by atomic mass is 9.99. The standard InChI is InChI=1S/C13H17N3O2S/c1-4-7(2)10(13(17)18)16-12-11-9(14-6-15-12)8(3)5-19-11/h5-7,10H,4H2,1-3H3,(H,17,18)(H,14,15,16)/t7-,10-/m0/s1. The van der Waals surface area contributed by atoms with Crippen molar-refractivity contribution in [2.24, 2.45) is 5.92 Å². The molecule has 6 heteroatoms. The van der Waals surface area contributed by atoms with Crippen molar-refractivity contribution in [2.75, 3.05) is 5.32 Å². The van der Waals surface area contributed by atoms with Crippen LogP contribution in [-0.2, 0) is 4.79 Å². The minimum absolute atomic E-state index is 0.0311. The van der Waals surface area contributed by atoms with Crippen LogP contribution in [0.5, 0.6) is 0 Å². The third-order valence-electron chi connectivity index (χ3n) is 3.30. The summed E-state index contributed by atoms with van der Waals surface area (Å²) in [6.45, 7) is 5.88. The Morgan fingerprint density at radius 3 is 2.89 bits per heavy atom. The average Bonchev–Trinajstić information content (AvgIpc) is 2.77. The maximum Gasteiger partial charge on any atom is 0.326 e. The van der Waals surface area contributed by atoms with Gasteiger partial charge in [0.15, 0.2) is 0 Å². The zero-order valence-corrected chi connectivity index (χ0v) is 12.0. The first-order valence-electron chi connectivity index (χ1n) is 6.22. The minimum atomic E-state index is -0.852. The number of aryl methyl sites for hydroxylation is 1. The van der Waals surface area contributed by atoms with Gasteiger partial charge in [-0.2, -0.15) is 0 Å². The second kappa shape index (κ2) is 5.52. The highest BCUT2D eigenvalue weighted by Gasteiger charge is 2.24. The van der Waals surface area contributed by atoms with Gasteiger partial charge in [-0.05, 0) is 23.8 Å². The number of carboxylic acid groups (broad SMARTS) is 1. The molecule has 2 heterocycles. The number of aliphatic carboxylic acids is 1. The van der Waals surface area contributed by atoms with Gasteiger partial charge in [-0.1, -0.05) is 20.3 Å². The molecule has 0 bridgehead atoms. The van der Waals surface area contributed by atoms with Crippen molar-refractivity contribution in [1.29, 1.82) is 0 Å². The van der Waals surface area contributed by atoms with Crippen LogP contribution < -0.4 is 5.32 Å². The van der Waals surface area contributed by atoms with Gasteiger partial charge in [0.2, 0.25) is 0 Å². The van der Waals surface area contributed by atoms with E-state index in [-0.39, 0.29) is 5.92 Å². The smallest absolute Gasteiger partial charge is 0.326 e. The van der Waals surface area contributed by atoms with Crippen molar-refractivity contribution in [3.63, 3.8) is 0 Å². The first kappa shape index (κ1) is 13.7. The molecule has 2 atom stereocenters. The maximum absolute atomic E-state index is 11.3. The average molecular weight is 279 g/mol. The molecular weight excluding hydrogens is 262 g/mol. The molecule has 0 aliphatic carbocycles. The third kappa shape index (κ3) is 2.68. The predicted octanol–water partition coefficient (Wildman–Crippen LogP) is 2.91. The Labute approximate surface area is 115 Å². The molecule has 0 amide bonds. The molecule has 0 unspecified atom stereocenters. The summed E-state index contributed by atoms with van der Waals surface area (Å²) in [5.41, 5.74) is 1.97. The van der Waals surface area contributed by atoms with Crippen LogP contribution in [0, 0.1) is 12.8 Å². The van der Waals surface area contributed by atoms with Crippen molar-refractivity contribution in [3.8, 4) is 0 Å². The van der Waals surface area contributed by atoms with Gasteiger partial charge in [-0.25, -0.2) is 14.8 Å². The van der Waals surface area contributed by atoms with Gasteiger partial charge in [0.25, 0.3) is 0 Å². The molecule has 2 rings (SSSR count). The van der Waals surface area contributed by atoms with Crippen molar-refractivity contribution in [2.45, 2.75) is 33.2 Å². The Morgan fingerprint density at radius 1 is 1.53 bits per heavy atom. The summed E-state index contributed by atoms with van der Waals surface area (Å²) >= 11 is 1.53. The van der Waals surface area contributed by atoms with Gasteiger partial charge < -0.3 is 10.4 Å². The van der Waals surface area contributed by atoms with Crippen LogP contribution in [0.3, 0.4) is 0 Å². The summed E-state index contributed by atoms with van der Waals surface area (Å²) in [4.78, 5) is 19.8. The fourth-order valence-corrected chi connectivity index (χ4v) is 2.86. The molecule has 0 spiro atoms. The second-order valence-electron chi connectivity index (χ2n) is 4.66. The Hall–Kier alpha value is -1.69. The number of thiophene rings is 1.